The van der Waals surface area contributed by atoms with Gasteiger partial charge in [-0.25, -0.2) is 0 Å². The second-order valence-corrected chi connectivity index (χ2v) is 3.83. The summed E-state index contributed by atoms with van der Waals surface area (Å²) in [5.41, 5.74) is 4.27. The molecule has 1 aromatic heterocycles. The van der Waals surface area contributed by atoms with Crippen LogP contribution in [0, 0.1) is 6.92 Å². The smallest absolute Gasteiger partial charge is 0.0521 e. The minimum atomic E-state index is 1.10. The minimum absolute atomic E-state index is 1.10. The number of nitrogens with zero attached hydrogens (tertiary/aromatic N) is 2. The molecule has 2 nitrogen and oxygen atoms in total. The fourth-order valence-corrected chi connectivity index (χ4v) is 1.94. The Balaban J connectivity index is 2.16. The third-order valence-electron chi connectivity index (χ3n) is 2.80. The molecule has 0 N–H and O–H groups in total. The molecule has 0 radical (unpaired) electrons. The Kier molecular flexibility index (Phi) is 2.21. The molecule has 0 fully saturated rings. The third-order valence-corrected chi connectivity index (χ3v) is 2.80. The monoisotopic (exact) mass is 176 g/mol. The van der Waals surface area contributed by atoms with Gasteiger partial charge in [0.15, 0.2) is 0 Å². The molecule has 1 heterocycles. The van der Waals surface area contributed by atoms with Crippen molar-refractivity contribution in [1.29, 1.82) is 0 Å². The van der Waals surface area contributed by atoms with Crippen molar-refractivity contribution in [2.45, 2.75) is 32.6 Å². The van der Waals surface area contributed by atoms with Crippen LogP contribution in [0.25, 0.3) is 0 Å². The Morgan fingerprint density at radius 1 is 1.54 bits per heavy atom. The van der Waals surface area contributed by atoms with Gasteiger partial charge in [0.1, 0.15) is 0 Å². The van der Waals surface area contributed by atoms with E-state index in [1.807, 2.05) is 17.9 Å². The van der Waals surface area contributed by atoms with Crippen LogP contribution in [-0.4, -0.2) is 9.78 Å². The Morgan fingerprint density at radius 2 is 2.38 bits per heavy atom. The molecular weight excluding hydrogens is 160 g/mol. The number of hydrogen-bond donors (Lipinski definition) is 0. The predicted molar refractivity (Wildman–Crippen MR) is 53.6 cm³/mol. The quantitative estimate of drug-likeness (QED) is 0.633. The molecule has 70 valence electrons. The molecular formula is C11H16N2. The molecule has 1 aromatic rings. The molecule has 0 saturated carbocycles. The van der Waals surface area contributed by atoms with Crippen LogP contribution in [0.3, 0.4) is 0 Å². The molecule has 0 amide bonds. The number of aromatic nitrogens is 2. The molecule has 0 aliphatic heterocycles. The fourth-order valence-electron chi connectivity index (χ4n) is 1.94. The number of allylic oxidation sites excluding steroid dienone is 2. The molecule has 13 heavy (non-hydrogen) atoms. The number of hydrogen-bond acceptors (Lipinski definition) is 1. The molecule has 0 spiro atoms. The molecule has 0 atom stereocenters. The highest BCUT2D eigenvalue weighted by Gasteiger charge is 2.09. The molecule has 0 aromatic carbocycles. The van der Waals surface area contributed by atoms with Crippen molar-refractivity contribution >= 4 is 0 Å². The lowest BCUT2D eigenvalue weighted by atomic mass is 10.1. The van der Waals surface area contributed by atoms with Gasteiger partial charge in [-0.1, -0.05) is 11.6 Å². The highest BCUT2D eigenvalue weighted by atomic mass is 15.3. The van der Waals surface area contributed by atoms with E-state index in [4.69, 9.17) is 0 Å². The van der Waals surface area contributed by atoms with Crippen molar-refractivity contribution < 1.29 is 0 Å². The summed E-state index contributed by atoms with van der Waals surface area (Å²) in [6.07, 6.45) is 9.32. The topological polar surface area (TPSA) is 17.8 Å². The zero-order chi connectivity index (χ0) is 9.26. The molecule has 0 bridgehead atoms. The van der Waals surface area contributed by atoms with Gasteiger partial charge >= 0.3 is 0 Å². The lowest BCUT2D eigenvalue weighted by Gasteiger charge is -2.04. The average molecular weight is 176 g/mol. The van der Waals surface area contributed by atoms with E-state index in [0.717, 1.165) is 6.42 Å². The Hall–Kier alpha value is -1.05. The van der Waals surface area contributed by atoms with E-state index in [-0.39, 0.29) is 0 Å². The SMILES string of the molecule is Cc1cnn(C)c1CC1=CCCC1. The van der Waals surface area contributed by atoms with Crippen molar-refractivity contribution in [3.05, 3.63) is 29.1 Å². The molecule has 1 aliphatic carbocycles. The summed E-state index contributed by atoms with van der Waals surface area (Å²) in [6, 6.07) is 0. The van der Waals surface area contributed by atoms with E-state index in [9.17, 15) is 0 Å². The normalized spacial score (nSPS) is 16.3. The van der Waals surface area contributed by atoms with E-state index < -0.39 is 0 Å². The fraction of sp³-hybridized carbons (Fsp3) is 0.545. The summed E-state index contributed by atoms with van der Waals surface area (Å²) in [6.45, 7) is 2.14. The predicted octanol–water partition coefficient (Wildman–Crippen LogP) is 2.38. The van der Waals surface area contributed by atoms with E-state index in [1.54, 1.807) is 5.57 Å². The first-order chi connectivity index (χ1) is 6.27. The van der Waals surface area contributed by atoms with Gasteiger partial charge in [0.25, 0.3) is 0 Å². The first-order valence-corrected chi connectivity index (χ1v) is 4.93. The van der Waals surface area contributed by atoms with E-state index in [1.165, 1.54) is 30.5 Å². The number of rotatable bonds is 2. The summed E-state index contributed by atoms with van der Waals surface area (Å²) in [5.74, 6) is 0. The van der Waals surface area contributed by atoms with Gasteiger partial charge in [0.05, 0.1) is 6.20 Å². The highest BCUT2D eigenvalue weighted by Crippen LogP contribution is 2.22. The largest absolute Gasteiger partial charge is 0.272 e. The van der Waals surface area contributed by atoms with Gasteiger partial charge in [-0.2, -0.15) is 5.10 Å². The van der Waals surface area contributed by atoms with Gasteiger partial charge in [-0.15, -0.1) is 0 Å². The van der Waals surface area contributed by atoms with Crippen LogP contribution < -0.4 is 0 Å². The molecule has 1 aliphatic rings. The highest BCUT2D eigenvalue weighted by molar-refractivity contribution is 5.23. The van der Waals surface area contributed by atoms with Crippen LogP contribution in [0.2, 0.25) is 0 Å². The molecule has 0 saturated heterocycles. The molecule has 0 unspecified atom stereocenters. The van der Waals surface area contributed by atoms with E-state index in [0.29, 0.717) is 0 Å². The lowest BCUT2D eigenvalue weighted by Crippen LogP contribution is -2.00. The van der Waals surface area contributed by atoms with Crippen molar-refractivity contribution in [3.8, 4) is 0 Å². The first kappa shape index (κ1) is 8.54. The first-order valence-electron chi connectivity index (χ1n) is 4.93. The van der Waals surface area contributed by atoms with Crippen molar-refractivity contribution in [1.82, 2.24) is 9.78 Å². The lowest BCUT2D eigenvalue weighted by molar-refractivity contribution is 0.715. The van der Waals surface area contributed by atoms with Crippen molar-refractivity contribution in [2.24, 2.45) is 7.05 Å². The Bertz CT molecular complexity index is 314. The van der Waals surface area contributed by atoms with Crippen LogP contribution >= 0.6 is 0 Å². The van der Waals surface area contributed by atoms with E-state index in [2.05, 4.69) is 18.1 Å². The average Bonchev–Trinajstić information content (AvgIpc) is 2.70. The number of aryl methyl sites for hydroxylation is 2. The maximum atomic E-state index is 4.25. The van der Waals surface area contributed by atoms with Crippen LogP contribution in [-0.2, 0) is 13.5 Å². The van der Waals surface area contributed by atoms with Crippen LogP contribution in [0.15, 0.2) is 17.8 Å². The van der Waals surface area contributed by atoms with Gasteiger partial charge < -0.3 is 0 Å². The summed E-state index contributed by atoms with van der Waals surface area (Å²) >= 11 is 0. The Labute approximate surface area is 79.3 Å². The maximum absolute atomic E-state index is 4.25. The van der Waals surface area contributed by atoms with Gasteiger partial charge in [0, 0.05) is 19.2 Å². The summed E-state index contributed by atoms with van der Waals surface area (Å²) in [4.78, 5) is 0. The van der Waals surface area contributed by atoms with Crippen LogP contribution in [0.5, 0.6) is 0 Å². The van der Waals surface area contributed by atoms with Crippen LogP contribution in [0.4, 0.5) is 0 Å². The molecule has 2 heteroatoms. The van der Waals surface area contributed by atoms with Gasteiger partial charge in [0.2, 0.25) is 0 Å². The third kappa shape index (κ3) is 1.67. The van der Waals surface area contributed by atoms with Crippen molar-refractivity contribution in [2.75, 3.05) is 0 Å². The molecule has 2 rings (SSSR count). The van der Waals surface area contributed by atoms with Crippen molar-refractivity contribution in [3.63, 3.8) is 0 Å². The maximum Gasteiger partial charge on any atom is 0.0521 e. The second kappa shape index (κ2) is 3.36. The minimum Gasteiger partial charge on any atom is -0.272 e. The summed E-state index contributed by atoms with van der Waals surface area (Å²) < 4.78 is 1.99. The second-order valence-electron chi connectivity index (χ2n) is 3.83. The van der Waals surface area contributed by atoms with Crippen LogP contribution in [0.1, 0.15) is 30.5 Å². The van der Waals surface area contributed by atoms with Gasteiger partial charge in [-0.05, 0) is 31.7 Å². The summed E-state index contributed by atoms with van der Waals surface area (Å²) in [5, 5.41) is 4.25. The zero-order valence-corrected chi connectivity index (χ0v) is 8.38. The Morgan fingerprint density at radius 3 is 2.92 bits per heavy atom. The standard InChI is InChI=1S/C11H16N2/c1-9-8-12-13(2)11(9)7-10-5-3-4-6-10/h5,8H,3-4,6-7H2,1-2H3. The van der Waals surface area contributed by atoms with Gasteiger partial charge in [-0.3, -0.25) is 4.68 Å². The zero-order valence-electron chi connectivity index (χ0n) is 8.38. The summed E-state index contributed by atoms with van der Waals surface area (Å²) in [7, 11) is 2.03. The van der Waals surface area contributed by atoms with E-state index >= 15 is 0 Å².